The van der Waals surface area contributed by atoms with Gasteiger partial charge in [0.25, 0.3) is 10.0 Å². The van der Waals surface area contributed by atoms with Gasteiger partial charge >= 0.3 is 0 Å². The fraction of sp³-hybridized carbons (Fsp3) is 0.280. The molecule has 2 heterocycles. The normalized spacial score (nSPS) is 16.7. The molecule has 1 aliphatic carbocycles. The highest BCUT2D eigenvalue weighted by Gasteiger charge is 2.27. The molecule has 154 valence electrons. The summed E-state index contributed by atoms with van der Waals surface area (Å²) in [6, 6.07) is 18.9. The summed E-state index contributed by atoms with van der Waals surface area (Å²) < 4.78 is 28.0. The molecular formula is C25H25NO2S2. The highest BCUT2D eigenvalue weighted by atomic mass is 32.2. The van der Waals surface area contributed by atoms with Crippen molar-refractivity contribution in [1.29, 1.82) is 0 Å². The van der Waals surface area contributed by atoms with Crippen molar-refractivity contribution in [2.24, 2.45) is 0 Å². The molecule has 0 N–H and O–H groups in total. The van der Waals surface area contributed by atoms with Crippen molar-refractivity contribution in [3.8, 4) is 10.4 Å². The topological polar surface area (TPSA) is 37.4 Å². The predicted molar refractivity (Wildman–Crippen MR) is 124 cm³/mol. The fourth-order valence-corrected chi connectivity index (χ4v) is 7.31. The van der Waals surface area contributed by atoms with E-state index in [4.69, 9.17) is 0 Å². The Labute approximate surface area is 182 Å². The van der Waals surface area contributed by atoms with E-state index >= 15 is 0 Å². The zero-order chi connectivity index (χ0) is 20.6. The second-order valence-corrected chi connectivity index (χ2v) is 11.3. The quantitative estimate of drug-likeness (QED) is 0.512. The van der Waals surface area contributed by atoms with Crippen LogP contribution in [0.4, 0.5) is 0 Å². The Morgan fingerprint density at radius 2 is 1.73 bits per heavy atom. The van der Waals surface area contributed by atoms with Crippen LogP contribution < -0.4 is 0 Å². The van der Waals surface area contributed by atoms with E-state index in [-0.39, 0.29) is 0 Å². The first kappa shape index (κ1) is 19.7. The second-order valence-electron chi connectivity index (χ2n) is 8.10. The van der Waals surface area contributed by atoms with E-state index in [1.807, 2.05) is 6.07 Å². The van der Waals surface area contributed by atoms with Crippen molar-refractivity contribution in [3.63, 3.8) is 0 Å². The van der Waals surface area contributed by atoms with Gasteiger partial charge < -0.3 is 0 Å². The number of nitrogens with zero attached hydrogens (tertiary/aromatic N) is 1. The zero-order valence-corrected chi connectivity index (χ0v) is 18.5. The van der Waals surface area contributed by atoms with E-state index in [0.717, 1.165) is 42.5 Å². The van der Waals surface area contributed by atoms with Crippen molar-refractivity contribution < 1.29 is 8.42 Å². The van der Waals surface area contributed by atoms with E-state index in [9.17, 15) is 8.42 Å². The van der Waals surface area contributed by atoms with Gasteiger partial charge in [-0.25, -0.2) is 8.42 Å². The minimum absolute atomic E-state index is 0.455. The van der Waals surface area contributed by atoms with Crippen LogP contribution in [0.1, 0.15) is 41.5 Å². The molecule has 1 aromatic heterocycles. The Kier molecular flexibility index (Phi) is 5.35. The summed E-state index contributed by atoms with van der Waals surface area (Å²) in [7, 11) is -3.37. The van der Waals surface area contributed by atoms with Gasteiger partial charge in [0.15, 0.2) is 0 Å². The molecule has 3 aromatic rings. The fourth-order valence-electron chi connectivity index (χ4n) is 4.34. The number of hydrogen-bond donors (Lipinski definition) is 0. The molecule has 0 amide bonds. The monoisotopic (exact) mass is 435 g/mol. The molecule has 3 nitrogen and oxygen atoms in total. The van der Waals surface area contributed by atoms with Gasteiger partial charge in [0.2, 0.25) is 0 Å². The zero-order valence-electron chi connectivity index (χ0n) is 16.9. The lowest BCUT2D eigenvalue weighted by molar-refractivity contribution is 0.347. The molecule has 1 aliphatic heterocycles. The number of hydrogen-bond acceptors (Lipinski definition) is 3. The van der Waals surface area contributed by atoms with E-state index in [2.05, 4.69) is 54.6 Å². The highest BCUT2D eigenvalue weighted by molar-refractivity contribution is 7.91. The van der Waals surface area contributed by atoms with Gasteiger partial charge in [-0.15, -0.1) is 11.3 Å². The number of thiophene rings is 1. The highest BCUT2D eigenvalue weighted by Crippen LogP contribution is 2.34. The Morgan fingerprint density at radius 1 is 0.900 bits per heavy atom. The molecule has 5 heteroatoms. The molecule has 0 unspecified atom stereocenters. The van der Waals surface area contributed by atoms with Crippen LogP contribution in [-0.4, -0.2) is 25.8 Å². The lowest BCUT2D eigenvalue weighted by Crippen LogP contribution is -2.35. The van der Waals surface area contributed by atoms with Crippen LogP contribution in [0.15, 0.2) is 64.9 Å². The molecule has 0 saturated carbocycles. The van der Waals surface area contributed by atoms with E-state index < -0.39 is 10.0 Å². The molecule has 0 bridgehead atoms. The maximum absolute atomic E-state index is 13.0. The number of benzene rings is 2. The van der Waals surface area contributed by atoms with Crippen LogP contribution in [0.3, 0.4) is 0 Å². The second kappa shape index (κ2) is 8.14. The third kappa shape index (κ3) is 3.89. The van der Waals surface area contributed by atoms with Crippen LogP contribution >= 0.6 is 11.3 Å². The van der Waals surface area contributed by atoms with Crippen molar-refractivity contribution in [1.82, 2.24) is 4.31 Å². The molecule has 0 atom stereocenters. The Morgan fingerprint density at radius 3 is 2.60 bits per heavy atom. The number of fused-ring (bicyclic) bond motifs is 1. The van der Waals surface area contributed by atoms with Gasteiger partial charge in [-0.1, -0.05) is 61.0 Å². The van der Waals surface area contributed by atoms with Crippen LogP contribution in [-0.2, 0) is 22.9 Å². The first-order valence-corrected chi connectivity index (χ1v) is 12.8. The van der Waals surface area contributed by atoms with Gasteiger partial charge in [-0.3, -0.25) is 0 Å². The van der Waals surface area contributed by atoms with Crippen molar-refractivity contribution in [3.05, 3.63) is 82.9 Å². The smallest absolute Gasteiger partial charge is 0.206 e. The lowest BCUT2D eigenvalue weighted by atomic mass is 9.99. The number of sulfonamides is 1. The number of piperidine rings is 1. The molecule has 0 spiro atoms. The maximum atomic E-state index is 13.0. The van der Waals surface area contributed by atoms with Gasteiger partial charge in [0.1, 0.15) is 4.21 Å². The minimum atomic E-state index is -3.37. The van der Waals surface area contributed by atoms with E-state index in [1.54, 1.807) is 10.4 Å². The predicted octanol–water partition coefficient (Wildman–Crippen LogP) is 5.75. The first-order valence-electron chi connectivity index (χ1n) is 10.6. The average Bonchev–Trinajstić information content (AvgIpc) is 3.44. The molecule has 2 aliphatic rings. The summed E-state index contributed by atoms with van der Waals surface area (Å²) in [5.74, 6) is 0. The standard InChI is InChI=1S/C25H25NO2S2/c27-30(28,26-14-2-1-3-15-26)25-13-12-24(29-25)23-9-4-6-19(18-23)16-20-10-11-21-7-5-8-22(21)17-20/h4-7,9-13,17-18H,1-3,8,14-16H2. The van der Waals surface area contributed by atoms with Gasteiger partial charge in [-0.05, 0) is 65.6 Å². The minimum Gasteiger partial charge on any atom is -0.206 e. The lowest BCUT2D eigenvalue weighted by Gasteiger charge is -2.25. The molecule has 30 heavy (non-hydrogen) atoms. The van der Waals surface area contributed by atoms with Crippen molar-refractivity contribution in [2.75, 3.05) is 13.1 Å². The van der Waals surface area contributed by atoms with Crippen LogP contribution in [0, 0.1) is 0 Å². The molecule has 0 radical (unpaired) electrons. The van der Waals surface area contributed by atoms with Crippen LogP contribution in [0.2, 0.25) is 0 Å². The third-order valence-corrected chi connectivity index (χ3v) is 9.45. The molecule has 5 rings (SSSR count). The average molecular weight is 436 g/mol. The molecule has 1 fully saturated rings. The van der Waals surface area contributed by atoms with Gasteiger partial charge in [-0.2, -0.15) is 4.31 Å². The number of allylic oxidation sites excluding steroid dienone is 1. The maximum Gasteiger partial charge on any atom is 0.252 e. The number of rotatable bonds is 5. The van der Waals surface area contributed by atoms with E-state index in [1.165, 1.54) is 33.6 Å². The largest absolute Gasteiger partial charge is 0.252 e. The van der Waals surface area contributed by atoms with Gasteiger partial charge in [0.05, 0.1) is 0 Å². The third-order valence-electron chi connectivity index (χ3n) is 5.95. The summed E-state index contributed by atoms with van der Waals surface area (Å²) >= 11 is 1.38. The molecular weight excluding hydrogens is 410 g/mol. The van der Waals surface area contributed by atoms with Crippen LogP contribution in [0.5, 0.6) is 0 Å². The summed E-state index contributed by atoms with van der Waals surface area (Å²) in [5, 5.41) is 0. The summed E-state index contributed by atoms with van der Waals surface area (Å²) in [5.41, 5.74) is 6.37. The molecule has 1 saturated heterocycles. The van der Waals surface area contributed by atoms with Crippen molar-refractivity contribution >= 4 is 27.4 Å². The Bertz CT molecular complexity index is 1200. The van der Waals surface area contributed by atoms with E-state index in [0.29, 0.717) is 17.3 Å². The summed E-state index contributed by atoms with van der Waals surface area (Å²) in [6.07, 6.45) is 9.33. The Hall–Kier alpha value is -2.21. The first-order chi connectivity index (χ1) is 14.6. The Balaban J connectivity index is 1.37. The van der Waals surface area contributed by atoms with Gasteiger partial charge in [0, 0.05) is 18.0 Å². The van der Waals surface area contributed by atoms with Crippen molar-refractivity contribution in [2.45, 2.75) is 36.3 Å². The summed E-state index contributed by atoms with van der Waals surface area (Å²) in [6.45, 7) is 1.28. The summed E-state index contributed by atoms with van der Waals surface area (Å²) in [4.78, 5) is 1.01. The SMILES string of the molecule is O=S(=O)(c1ccc(-c2cccc(Cc3ccc4c(c3)CC=C4)c2)s1)N1CCCCC1. The van der Waals surface area contributed by atoms with Crippen LogP contribution in [0.25, 0.3) is 16.5 Å². The molecule has 2 aromatic carbocycles.